The third-order valence-electron chi connectivity index (χ3n) is 3.49. The number of benzene rings is 1. The maximum absolute atomic E-state index is 13.3. The van der Waals surface area contributed by atoms with Crippen LogP contribution in [0.1, 0.15) is 37.4 Å². The van der Waals surface area contributed by atoms with Crippen LogP contribution in [0, 0.1) is 18.2 Å². The minimum atomic E-state index is -0.144. The molecule has 0 aliphatic carbocycles. The van der Waals surface area contributed by atoms with Crippen molar-refractivity contribution in [2.75, 3.05) is 20.6 Å². The van der Waals surface area contributed by atoms with Gasteiger partial charge in [0.25, 0.3) is 0 Å². The monoisotopic (exact) mass is 252 g/mol. The van der Waals surface area contributed by atoms with E-state index in [-0.39, 0.29) is 17.3 Å². The second-order valence-corrected chi connectivity index (χ2v) is 6.06. The first-order chi connectivity index (χ1) is 8.26. The molecule has 1 aromatic carbocycles. The summed E-state index contributed by atoms with van der Waals surface area (Å²) in [4.78, 5) is 2.17. The summed E-state index contributed by atoms with van der Waals surface area (Å²) in [6.07, 6.45) is 0.960. The molecule has 0 fully saturated rings. The highest BCUT2D eigenvalue weighted by atomic mass is 19.1. The molecule has 0 aliphatic rings. The number of hydrogen-bond donors (Lipinski definition) is 1. The molecule has 1 unspecified atom stereocenters. The average molecular weight is 252 g/mol. The van der Waals surface area contributed by atoms with Gasteiger partial charge >= 0.3 is 0 Å². The lowest BCUT2D eigenvalue weighted by Gasteiger charge is -2.33. The molecule has 0 spiro atoms. The van der Waals surface area contributed by atoms with Gasteiger partial charge in [-0.1, -0.05) is 26.0 Å². The predicted octanol–water partition coefficient (Wildman–Crippen LogP) is 3.11. The van der Waals surface area contributed by atoms with Crippen LogP contribution in [-0.4, -0.2) is 25.5 Å². The summed E-state index contributed by atoms with van der Waals surface area (Å²) in [5, 5.41) is 0. The molecular weight excluding hydrogens is 227 g/mol. The van der Waals surface area contributed by atoms with Gasteiger partial charge in [0.15, 0.2) is 0 Å². The SMILES string of the molecule is Cc1cc(C(CC(C)(C)CN)N(C)C)ccc1F. The molecule has 102 valence electrons. The Morgan fingerprint density at radius 1 is 1.33 bits per heavy atom. The molecule has 0 saturated carbocycles. The molecule has 3 heteroatoms. The highest BCUT2D eigenvalue weighted by Crippen LogP contribution is 2.32. The van der Waals surface area contributed by atoms with Gasteiger partial charge in [0.05, 0.1) is 0 Å². The van der Waals surface area contributed by atoms with Crippen LogP contribution in [0.3, 0.4) is 0 Å². The molecule has 0 bridgehead atoms. The summed E-state index contributed by atoms with van der Waals surface area (Å²) >= 11 is 0. The molecular formula is C15H25FN2. The topological polar surface area (TPSA) is 29.3 Å². The van der Waals surface area contributed by atoms with Gasteiger partial charge in [-0.15, -0.1) is 0 Å². The normalized spacial score (nSPS) is 14.0. The first kappa shape index (κ1) is 15.1. The number of aryl methyl sites for hydroxylation is 1. The van der Waals surface area contributed by atoms with E-state index >= 15 is 0 Å². The van der Waals surface area contributed by atoms with Gasteiger partial charge in [0.1, 0.15) is 5.82 Å². The van der Waals surface area contributed by atoms with E-state index in [1.165, 1.54) is 0 Å². The Morgan fingerprint density at radius 2 is 1.94 bits per heavy atom. The van der Waals surface area contributed by atoms with Gasteiger partial charge in [-0.2, -0.15) is 0 Å². The van der Waals surface area contributed by atoms with E-state index in [9.17, 15) is 4.39 Å². The molecule has 18 heavy (non-hydrogen) atoms. The van der Waals surface area contributed by atoms with Crippen LogP contribution in [0.4, 0.5) is 4.39 Å². The molecule has 1 atom stereocenters. The smallest absolute Gasteiger partial charge is 0.126 e. The van der Waals surface area contributed by atoms with E-state index in [0.717, 1.165) is 12.0 Å². The lowest BCUT2D eigenvalue weighted by molar-refractivity contribution is 0.202. The molecule has 2 nitrogen and oxygen atoms in total. The Kier molecular flexibility index (Phi) is 4.88. The van der Waals surface area contributed by atoms with Crippen LogP contribution >= 0.6 is 0 Å². The second-order valence-electron chi connectivity index (χ2n) is 6.06. The molecule has 0 heterocycles. The zero-order chi connectivity index (χ0) is 13.9. The standard InChI is InChI=1S/C15H25FN2/c1-11-8-12(6-7-13(11)16)14(18(4)5)9-15(2,3)10-17/h6-8,14H,9-10,17H2,1-5H3. The van der Waals surface area contributed by atoms with Crippen molar-refractivity contribution in [2.24, 2.45) is 11.1 Å². The van der Waals surface area contributed by atoms with E-state index in [1.54, 1.807) is 13.0 Å². The average Bonchev–Trinajstić information content (AvgIpc) is 2.30. The van der Waals surface area contributed by atoms with Crippen LogP contribution in [0.5, 0.6) is 0 Å². The quantitative estimate of drug-likeness (QED) is 0.872. The fourth-order valence-electron chi connectivity index (χ4n) is 2.08. The van der Waals surface area contributed by atoms with Gasteiger partial charge in [-0.25, -0.2) is 4.39 Å². The van der Waals surface area contributed by atoms with Crippen LogP contribution < -0.4 is 5.73 Å². The van der Waals surface area contributed by atoms with Crippen molar-refractivity contribution in [3.63, 3.8) is 0 Å². The molecule has 0 amide bonds. The van der Waals surface area contributed by atoms with Crippen LogP contribution in [0.15, 0.2) is 18.2 Å². The minimum absolute atomic E-state index is 0.0806. The highest BCUT2D eigenvalue weighted by molar-refractivity contribution is 5.26. The zero-order valence-corrected chi connectivity index (χ0v) is 12.1. The molecule has 0 saturated heterocycles. The van der Waals surface area contributed by atoms with Gasteiger partial charge < -0.3 is 10.6 Å². The second kappa shape index (κ2) is 5.81. The van der Waals surface area contributed by atoms with Crippen LogP contribution in [-0.2, 0) is 0 Å². The summed E-state index contributed by atoms with van der Waals surface area (Å²) in [6.45, 7) is 6.79. The van der Waals surface area contributed by atoms with E-state index in [2.05, 4.69) is 32.8 Å². The van der Waals surface area contributed by atoms with Crippen molar-refractivity contribution >= 4 is 0 Å². The molecule has 1 rings (SSSR count). The Balaban J connectivity index is 3.01. The molecule has 0 aliphatic heterocycles. The van der Waals surface area contributed by atoms with Crippen LogP contribution in [0.25, 0.3) is 0 Å². The molecule has 1 aromatic rings. The van der Waals surface area contributed by atoms with E-state index in [4.69, 9.17) is 5.73 Å². The maximum atomic E-state index is 13.3. The molecule has 0 aromatic heterocycles. The van der Waals surface area contributed by atoms with Gasteiger partial charge in [-0.05, 0) is 56.6 Å². The van der Waals surface area contributed by atoms with Crippen molar-refractivity contribution in [2.45, 2.75) is 33.2 Å². The van der Waals surface area contributed by atoms with Crippen molar-refractivity contribution in [3.8, 4) is 0 Å². The fraction of sp³-hybridized carbons (Fsp3) is 0.600. The summed E-state index contributed by atoms with van der Waals surface area (Å²) < 4.78 is 13.3. The van der Waals surface area contributed by atoms with Crippen LogP contribution in [0.2, 0.25) is 0 Å². The lowest BCUT2D eigenvalue weighted by Crippen LogP contribution is -2.31. The first-order valence-electron chi connectivity index (χ1n) is 6.39. The summed E-state index contributed by atoms with van der Waals surface area (Å²) in [5.74, 6) is -0.144. The third kappa shape index (κ3) is 3.79. The van der Waals surface area contributed by atoms with Crippen molar-refractivity contribution in [1.82, 2.24) is 4.90 Å². The number of nitrogens with two attached hydrogens (primary N) is 1. The summed E-state index contributed by atoms with van der Waals surface area (Å²) in [7, 11) is 4.10. The van der Waals surface area contributed by atoms with Gasteiger partial charge in [0.2, 0.25) is 0 Å². The zero-order valence-electron chi connectivity index (χ0n) is 12.1. The number of hydrogen-bond acceptors (Lipinski definition) is 2. The first-order valence-corrected chi connectivity index (χ1v) is 6.39. The fourth-order valence-corrected chi connectivity index (χ4v) is 2.08. The number of rotatable bonds is 5. The van der Waals surface area contributed by atoms with Crippen molar-refractivity contribution in [1.29, 1.82) is 0 Å². The lowest BCUT2D eigenvalue weighted by atomic mass is 9.83. The van der Waals surface area contributed by atoms with E-state index in [1.807, 2.05) is 12.1 Å². The largest absolute Gasteiger partial charge is 0.330 e. The van der Waals surface area contributed by atoms with Crippen molar-refractivity contribution < 1.29 is 4.39 Å². The summed E-state index contributed by atoms with van der Waals surface area (Å²) in [6, 6.07) is 5.63. The number of nitrogens with zero attached hydrogens (tertiary/aromatic N) is 1. The molecule has 2 N–H and O–H groups in total. The van der Waals surface area contributed by atoms with Gasteiger partial charge in [0, 0.05) is 6.04 Å². The summed E-state index contributed by atoms with van der Waals surface area (Å²) in [5.41, 5.74) is 7.74. The van der Waals surface area contributed by atoms with Crippen molar-refractivity contribution in [3.05, 3.63) is 35.1 Å². The maximum Gasteiger partial charge on any atom is 0.126 e. The Labute approximate surface area is 110 Å². The number of halogens is 1. The minimum Gasteiger partial charge on any atom is -0.330 e. The third-order valence-corrected chi connectivity index (χ3v) is 3.49. The van der Waals surface area contributed by atoms with E-state index < -0.39 is 0 Å². The Hall–Kier alpha value is -0.930. The highest BCUT2D eigenvalue weighted by Gasteiger charge is 2.24. The van der Waals surface area contributed by atoms with E-state index in [0.29, 0.717) is 12.1 Å². The Morgan fingerprint density at radius 3 is 2.39 bits per heavy atom. The van der Waals surface area contributed by atoms with Gasteiger partial charge in [-0.3, -0.25) is 0 Å². The predicted molar refractivity (Wildman–Crippen MR) is 75.0 cm³/mol. The molecule has 0 radical (unpaired) electrons. The Bertz CT molecular complexity index is 399.